The molecular weight excluding hydrogens is 977 g/mol. The second kappa shape index (κ2) is 19.1. The SMILES string of the molecule is C[C@@H]1CC2=C(Cc3ccccc32)[C@@H](c2ccc(NC3CNC3)cc2)N1C12CC(C1)C2.C[C@@H]1CC2=C(Cc3ccccc32)[C@@H](c2ccc(OC3CN(CCO)C3)cc2)N1C12CC(C1)C2.Cl.OCCI. The number of fused-ring (bicyclic) bond motifs is 4. The van der Waals surface area contributed by atoms with E-state index in [1.807, 2.05) is 0 Å². The van der Waals surface area contributed by atoms with Crippen LogP contribution in [0.1, 0.15) is 111 Å². The number of hydrogen-bond donors (Lipinski definition) is 4. The molecule has 0 spiro atoms. The molecule has 4 aromatic rings. The van der Waals surface area contributed by atoms with Crippen LogP contribution in [0.25, 0.3) is 11.1 Å². The zero-order valence-electron chi connectivity index (χ0n) is 40.0. The summed E-state index contributed by atoms with van der Waals surface area (Å²) in [6, 6.07) is 39.3. The molecule has 16 rings (SSSR count). The number of nitrogens with one attached hydrogen (secondary N) is 2. The number of nitrogens with zero attached hydrogens (tertiary/aromatic N) is 3. The molecule has 2 saturated heterocycles. The third kappa shape index (κ3) is 8.20. The van der Waals surface area contributed by atoms with Crippen molar-refractivity contribution < 1.29 is 14.9 Å². The smallest absolute Gasteiger partial charge is 0.124 e. The number of β-amino-alcohol motifs (C(OH)–C–C–N with tert-alkyl or cyclic N) is 1. The molecule has 4 aromatic carbocycles. The van der Waals surface area contributed by atoms with Crippen LogP contribution in [0.5, 0.6) is 5.75 Å². The van der Waals surface area contributed by atoms with Crippen molar-refractivity contribution in [2.24, 2.45) is 11.8 Å². The lowest BCUT2D eigenvalue weighted by Gasteiger charge is -2.70. The Morgan fingerprint density at radius 3 is 1.54 bits per heavy atom. The number of rotatable bonds is 11. The number of ether oxygens (including phenoxy) is 1. The van der Waals surface area contributed by atoms with Crippen molar-refractivity contribution in [1.82, 2.24) is 20.0 Å². The quantitative estimate of drug-likeness (QED) is 0.0874. The molecule has 4 bridgehead atoms. The van der Waals surface area contributed by atoms with Crippen LogP contribution in [-0.4, -0.2) is 111 Å². The molecule has 0 unspecified atom stereocenters. The van der Waals surface area contributed by atoms with Crippen LogP contribution in [0.3, 0.4) is 0 Å². The largest absolute Gasteiger partial charge is 0.488 e. The van der Waals surface area contributed by atoms with E-state index in [4.69, 9.17) is 14.9 Å². The number of alkyl halides is 1. The summed E-state index contributed by atoms with van der Waals surface area (Å²) in [4.78, 5) is 8.11. The van der Waals surface area contributed by atoms with E-state index in [9.17, 15) is 0 Å². The van der Waals surface area contributed by atoms with E-state index in [1.54, 1.807) is 22.3 Å². The standard InChI is InChI=1S/C29H34N2O2.C27H31N3.C2H5IO.ClH/c1-19-12-26-25-5-3-2-4-22(25)13-27(26)28(31(19)29-14-20(15-29)16-29)21-6-8-23(9-7-21)33-24-17-30(18-24)10-11-32;1-17-10-24-23-5-3-2-4-20(23)11-25(24)26(30(17)27-12-18(13-27)14-27)19-6-8-21(9-7-19)29-22-15-28-16-22;3-1-2-4;/h2-9,19-20,24,28,32H,10-18H2,1H3;2-9,17-18,22,26,28-29H,10-16H2,1H3;4H,1-2H2;1H/t19-,20?,28-,29?;17-,18?,26-,27?;;/m11../s1. The average Bonchev–Trinajstić information content (AvgIpc) is 3.81. The minimum Gasteiger partial charge on any atom is -0.488 e. The molecule has 0 radical (unpaired) electrons. The maximum absolute atomic E-state index is 9.09. The predicted octanol–water partition coefficient (Wildman–Crippen LogP) is 10.0. The first-order chi connectivity index (χ1) is 32.7. The molecule has 6 saturated carbocycles. The summed E-state index contributed by atoms with van der Waals surface area (Å²) in [6.07, 6.45) is 13.4. The summed E-state index contributed by atoms with van der Waals surface area (Å²) < 4.78 is 7.06. The Kier molecular flexibility index (Phi) is 13.2. The molecule has 0 amide bonds. The highest BCUT2D eigenvalue weighted by Gasteiger charge is 2.64. The van der Waals surface area contributed by atoms with Crippen molar-refractivity contribution in [1.29, 1.82) is 0 Å². The highest BCUT2D eigenvalue weighted by Crippen LogP contribution is 2.67. The lowest BCUT2D eigenvalue weighted by atomic mass is 9.48. The molecule has 360 valence electrons. The Labute approximate surface area is 424 Å². The molecular formula is C58H71ClIN5O3. The first-order valence-electron chi connectivity index (χ1n) is 25.8. The third-order valence-corrected chi connectivity index (χ3v) is 18.3. The van der Waals surface area contributed by atoms with Gasteiger partial charge in [0.2, 0.25) is 0 Å². The van der Waals surface area contributed by atoms with Gasteiger partial charge in [0.25, 0.3) is 0 Å². The van der Waals surface area contributed by atoms with Gasteiger partial charge in [0.1, 0.15) is 11.9 Å². The number of aliphatic hydroxyl groups is 2. The van der Waals surface area contributed by atoms with Crippen LogP contribution in [0, 0.1) is 11.8 Å². The van der Waals surface area contributed by atoms with Crippen LogP contribution >= 0.6 is 35.0 Å². The normalized spacial score (nSPS) is 31.7. The van der Waals surface area contributed by atoms with Crippen LogP contribution in [0.15, 0.2) is 108 Å². The predicted molar refractivity (Wildman–Crippen MR) is 286 cm³/mol. The maximum Gasteiger partial charge on any atom is 0.124 e. The lowest BCUT2D eigenvalue weighted by Crippen LogP contribution is -2.71. The zero-order valence-corrected chi connectivity index (χ0v) is 43.0. The van der Waals surface area contributed by atoms with Gasteiger partial charge in [-0.25, -0.2) is 0 Å². The Hall–Kier alpha value is -3.26. The van der Waals surface area contributed by atoms with E-state index < -0.39 is 0 Å². The first kappa shape index (κ1) is 47.1. The van der Waals surface area contributed by atoms with Gasteiger partial charge in [0.05, 0.1) is 31.3 Å². The lowest BCUT2D eigenvalue weighted by molar-refractivity contribution is -0.173. The average molecular weight is 1050 g/mol. The third-order valence-electron chi connectivity index (χ3n) is 17.8. The number of anilines is 1. The molecule has 8 fully saturated rings. The van der Waals surface area contributed by atoms with E-state index in [-0.39, 0.29) is 25.1 Å². The van der Waals surface area contributed by atoms with Gasteiger partial charge in [0.15, 0.2) is 0 Å². The van der Waals surface area contributed by atoms with Gasteiger partial charge in [-0.2, -0.15) is 0 Å². The minimum absolute atomic E-state index is 0. The number of aliphatic hydroxyl groups excluding tert-OH is 2. The molecule has 4 atom stereocenters. The number of likely N-dealkylation sites (tertiary alicyclic amines) is 1. The van der Waals surface area contributed by atoms with Gasteiger partial charge < -0.3 is 25.6 Å². The summed E-state index contributed by atoms with van der Waals surface area (Å²) in [6.45, 7) is 10.2. The second-order valence-corrected chi connectivity index (χ2v) is 23.2. The van der Waals surface area contributed by atoms with Crippen molar-refractivity contribution in [2.75, 3.05) is 55.7 Å². The number of benzene rings is 4. The van der Waals surface area contributed by atoms with Crippen LogP contribution in [0.2, 0.25) is 0 Å². The highest BCUT2D eigenvalue weighted by molar-refractivity contribution is 14.1. The molecule has 4 heterocycles. The zero-order chi connectivity index (χ0) is 45.4. The molecule has 4 N–H and O–H groups in total. The van der Waals surface area contributed by atoms with Gasteiger partial charge in [-0.15, -0.1) is 12.4 Å². The van der Waals surface area contributed by atoms with Gasteiger partial charge in [0, 0.05) is 66.0 Å². The Balaban J connectivity index is 0.000000137. The van der Waals surface area contributed by atoms with Crippen molar-refractivity contribution in [2.45, 2.75) is 125 Å². The molecule has 8 nitrogen and oxygen atoms in total. The summed E-state index contributed by atoms with van der Waals surface area (Å²) in [7, 11) is 0. The Morgan fingerprint density at radius 2 is 1.13 bits per heavy atom. The van der Waals surface area contributed by atoms with Crippen molar-refractivity contribution in [3.8, 4) is 5.75 Å². The fourth-order valence-corrected chi connectivity index (χ4v) is 14.5. The molecule has 10 heteroatoms. The summed E-state index contributed by atoms with van der Waals surface area (Å²) in [5.74, 6) is 2.96. The maximum atomic E-state index is 9.09. The van der Waals surface area contributed by atoms with Crippen molar-refractivity contribution in [3.05, 3.63) is 142 Å². The van der Waals surface area contributed by atoms with Crippen LogP contribution in [0.4, 0.5) is 5.69 Å². The summed E-state index contributed by atoms with van der Waals surface area (Å²) >= 11 is 2.10. The van der Waals surface area contributed by atoms with Crippen LogP contribution < -0.4 is 15.4 Å². The highest BCUT2D eigenvalue weighted by atomic mass is 127. The fraction of sp³-hybridized carbons (Fsp3) is 0.517. The van der Waals surface area contributed by atoms with E-state index in [1.165, 1.54) is 90.4 Å². The second-order valence-electron chi connectivity index (χ2n) is 22.1. The van der Waals surface area contributed by atoms with E-state index in [0.717, 1.165) is 67.6 Å². The summed E-state index contributed by atoms with van der Waals surface area (Å²) in [5.41, 5.74) is 17.8. The van der Waals surface area contributed by atoms with Gasteiger partial charge in [-0.1, -0.05) is 95.4 Å². The Bertz CT molecular complexity index is 2500. The number of hydrogen-bond acceptors (Lipinski definition) is 8. The van der Waals surface area contributed by atoms with E-state index in [0.29, 0.717) is 47.9 Å². The van der Waals surface area contributed by atoms with Crippen molar-refractivity contribution >= 4 is 51.8 Å². The summed E-state index contributed by atoms with van der Waals surface area (Å²) in [5, 5.41) is 24.0. The molecule has 68 heavy (non-hydrogen) atoms. The molecule has 4 aliphatic heterocycles. The van der Waals surface area contributed by atoms with Crippen molar-refractivity contribution in [3.63, 3.8) is 0 Å². The van der Waals surface area contributed by atoms with E-state index >= 15 is 0 Å². The molecule has 8 aliphatic carbocycles. The fourth-order valence-electron chi connectivity index (χ4n) is 14.5. The first-order valence-corrected chi connectivity index (χ1v) is 27.3. The monoisotopic (exact) mass is 1050 g/mol. The Morgan fingerprint density at radius 1 is 0.662 bits per heavy atom. The molecule has 12 aliphatic rings. The van der Waals surface area contributed by atoms with Gasteiger partial charge in [-0.3, -0.25) is 14.7 Å². The minimum atomic E-state index is 0. The molecule has 0 aromatic heterocycles. The number of halogens is 2. The van der Waals surface area contributed by atoms with Gasteiger partial charge in [-0.05, 0) is 170 Å². The van der Waals surface area contributed by atoms with Gasteiger partial charge >= 0.3 is 0 Å². The topological polar surface area (TPSA) is 83.5 Å². The van der Waals surface area contributed by atoms with E-state index in [2.05, 4.69) is 159 Å². The van der Waals surface area contributed by atoms with Crippen LogP contribution in [-0.2, 0) is 12.8 Å².